The summed E-state index contributed by atoms with van der Waals surface area (Å²) >= 11 is 0. The van der Waals surface area contributed by atoms with Crippen LogP contribution in [0.3, 0.4) is 0 Å². The fourth-order valence-corrected chi connectivity index (χ4v) is 2.84. The second-order valence-corrected chi connectivity index (χ2v) is 5.28. The Morgan fingerprint density at radius 3 is 2.58 bits per heavy atom. The zero-order valence-electron chi connectivity index (χ0n) is 11.5. The van der Waals surface area contributed by atoms with E-state index in [4.69, 9.17) is 0 Å². The number of carbonyl (C=O) groups excluding carboxylic acids is 1. The highest BCUT2D eigenvalue weighted by atomic mass is 16.5. The third-order valence-electron chi connectivity index (χ3n) is 3.98. The van der Waals surface area contributed by atoms with E-state index in [1.807, 2.05) is 12.1 Å². The van der Waals surface area contributed by atoms with Crippen molar-refractivity contribution in [1.29, 1.82) is 0 Å². The average molecular weight is 262 g/mol. The van der Waals surface area contributed by atoms with E-state index in [9.17, 15) is 9.90 Å². The van der Waals surface area contributed by atoms with Crippen molar-refractivity contribution in [3.8, 4) is 0 Å². The van der Waals surface area contributed by atoms with Crippen molar-refractivity contribution in [2.45, 2.75) is 50.5 Å². The van der Waals surface area contributed by atoms with Gasteiger partial charge >= 0.3 is 5.97 Å². The first kappa shape index (κ1) is 14.1. The lowest BCUT2D eigenvalue weighted by atomic mass is 9.90. The summed E-state index contributed by atoms with van der Waals surface area (Å²) in [7, 11) is 1.29. The van der Waals surface area contributed by atoms with Crippen LogP contribution in [0.5, 0.6) is 0 Å². The summed E-state index contributed by atoms with van der Waals surface area (Å²) in [5.41, 5.74) is 1.87. The maximum absolute atomic E-state index is 11.4. The molecule has 1 unspecified atom stereocenters. The van der Waals surface area contributed by atoms with Crippen LogP contribution in [0, 0.1) is 0 Å². The van der Waals surface area contributed by atoms with E-state index in [0.717, 1.165) is 0 Å². The average Bonchev–Trinajstić information content (AvgIpc) is 2.75. The molecule has 0 aliphatic heterocycles. The topological polar surface area (TPSA) is 46.5 Å². The van der Waals surface area contributed by atoms with Crippen LogP contribution in [-0.2, 0) is 9.53 Å². The van der Waals surface area contributed by atoms with Gasteiger partial charge in [-0.1, -0.05) is 49.9 Å². The van der Waals surface area contributed by atoms with Crippen LogP contribution in [-0.4, -0.2) is 18.2 Å². The number of aliphatic hydroxyl groups excluding tert-OH is 1. The number of carbonyl (C=O) groups is 1. The summed E-state index contributed by atoms with van der Waals surface area (Å²) in [6, 6.07) is 7.75. The third-order valence-corrected chi connectivity index (χ3v) is 3.98. The van der Waals surface area contributed by atoms with Crippen molar-refractivity contribution in [3.05, 3.63) is 35.4 Å². The highest BCUT2D eigenvalue weighted by molar-refractivity contribution is 5.76. The molecular formula is C16H22O3. The Kier molecular flexibility index (Phi) is 4.97. The molecule has 1 fully saturated rings. The van der Waals surface area contributed by atoms with E-state index in [1.54, 1.807) is 6.07 Å². The first-order chi connectivity index (χ1) is 9.22. The molecule has 1 saturated carbocycles. The maximum Gasteiger partial charge on any atom is 0.339 e. The van der Waals surface area contributed by atoms with E-state index < -0.39 is 12.1 Å². The van der Waals surface area contributed by atoms with Gasteiger partial charge in [0.1, 0.15) is 0 Å². The van der Waals surface area contributed by atoms with Gasteiger partial charge in [0.05, 0.1) is 7.11 Å². The largest absolute Gasteiger partial charge is 0.467 e. The smallest absolute Gasteiger partial charge is 0.339 e. The van der Waals surface area contributed by atoms with Gasteiger partial charge in [0.15, 0.2) is 6.10 Å². The van der Waals surface area contributed by atoms with E-state index >= 15 is 0 Å². The first-order valence-electron chi connectivity index (χ1n) is 7.08. The molecule has 0 spiro atoms. The maximum atomic E-state index is 11.4. The van der Waals surface area contributed by atoms with E-state index in [2.05, 4.69) is 10.8 Å². The van der Waals surface area contributed by atoms with Crippen molar-refractivity contribution in [3.63, 3.8) is 0 Å². The molecule has 0 amide bonds. The Morgan fingerprint density at radius 1 is 1.26 bits per heavy atom. The summed E-state index contributed by atoms with van der Waals surface area (Å²) in [6.07, 6.45) is 6.43. The number of ether oxygens (including phenoxy) is 1. The van der Waals surface area contributed by atoms with Crippen LogP contribution in [0.15, 0.2) is 24.3 Å². The normalized spacial score (nSPS) is 18.6. The van der Waals surface area contributed by atoms with Gasteiger partial charge in [-0.2, -0.15) is 0 Å². The standard InChI is InChI=1S/C16H22O3/c1-19-16(18)15(17)14-10-6-9-13(11-14)12-7-4-2-3-5-8-12/h6,9-12,15,17H,2-5,7-8H2,1H3. The van der Waals surface area contributed by atoms with Crippen LogP contribution in [0.1, 0.15) is 61.7 Å². The number of esters is 1. The Morgan fingerprint density at radius 2 is 1.95 bits per heavy atom. The number of rotatable bonds is 3. The van der Waals surface area contributed by atoms with Crippen molar-refractivity contribution >= 4 is 5.97 Å². The summed E-state index contributed by atoms with van der Waals surface area (Å²) in [4.78, 5) is 11.4. The monoisotopic (exact) mass is 262 g/mol. The summed E-state index contributed by atoms with van der Waals surface area (Å²) in [5, 5.41) is 9.89. The first-order valence-corrected chi connectivity index (χ1v) is 7.08. The summed E-state index contributed by atoms with van der Waals surface area (Å²) < 4.78 is 4.58. The fraction of sp³-hybridized carbons (Fsp3) is 0.562. The third kappa shape index (κ3) is 3.57. The lowest BCUT2D eigenvalue weighted by Gasteiger charge is -2.16. The quantitative estimate of drug-likeness (QED) is 0.671. The zero-order valence-corrected chi connectivity index (χ0v) is 11.5. The Balaban J connectivity index is 2.16. The second kappa shape index (κ2) is 6.71. The number of methoxy groups -OCH3 is 1. The van der Waals surface area contributed by atoms with Crippen molar-refractivity contribution in [1.82, 2.24) is 0 Å². The Labute approximate surface area is 114 Å². The van der Waals surface area contributed by atoms with Gasteiger partial charge in [-0.05, 0) is 29.9 Å². The van der Waals surface area contributed by atoms with Gasteiger partial charge in [-0.3, -0.25) is 0 Å². The summed E-state index contributed by atoms with van der Waals surface area (Å²) in [5.74, 6) is -0.0367. The van der Waals surface area contributed by atoms with Crippen LogP contribution in [0.4, 0.5) is 0 Å². The molecular weight excluding hydrogens is 240 g/mol. The highest BCUT2D eigenvalue weighted by Crippen LogP contribution is 2.32. The van der Waals surface area contributed by atoms with Gasteiger partial charge in [0.2, 0.25) is 0 Å². The minimum atomic E-state index is -1.17. The lowest BCUT2D eigenvalue weighted by Crippen LogP contribution is -2.13. The molecule has 0 saturated heterocycles. The fourth-order valence-electron chi connectivity index (χ4n) is 2.84. The predicted octanol–water partition coefficient (Wildman–Crippen LogP) is 3.33. The molecule has 0 heterocycles. The molecule has 104 valence electrons. The van der Waals surface area contributed by atoms with E-state index in [1.165, 1.54) is 51.2 Å². The van der Waals surface area contributed by atoms with Crippen LogP contribution >= 0.6 is 0 Å². The molecule has 0 bridgehead atoms. The summed E-state index contributed by atoms with van der Waals surface area (Å²) in [6.45, 7) is 0. The molecule has 3 nitrogen and oxygen atoms in total. The molecule has 1 aliphatic rings. The number of hydrogen-bond acceptors (Lipinski definition) is 3. The number of benzene rings is 1. The minimum absolute atomic E-state index is 0.562. The molecule has 1 atom stereocenters. The van der Waals surface area contributed by atoms with Gasteiger partial charge in [-0.15, -0.1) is 0 Å². The van der Waals surface area contributed by atoms with Crippen LogP contribution in [0.25, 0.3) is 0 Å². The number of hydrogen-bond donors (Lipinski definition) is 1. The van der Waals surface area contributed by atoms with E-state index in [0.29, 0.717) is 11.5 Å². The van der Waals surface area contributed by atoms with Crippen LogP contribution in [0.2, 0.25) is 0 Å². The highest BCUT2D eigenvalue weighted by Gasteiger charge is 2.20. The van der Waals surface area contributed by atoms with Gasteiger partial charge in [0, 0.05) is 0 Å². The van der Waals surface area contributed by atoms with Crippen molar-refractivity contribution in [2.75, 3.05) is 7.11 Å². The minimum Gasteiger partial charge on any atom is -0.467 e. The lowest BCUT2D eigenvalue weighted by molar-refractivity contribution is -0.150. The van der Waals surface area contributed by atoms with Crippen molar-refractivity contribution in [2.24, 2.45) is 0 Å². The molecule has 19 heavy (non-hydrogen) atoms. The van der Waals surface area contributed by atoms with Gasteiger partial charge < -0.3 is 9.84 Å². The van der Waals surface area contributed by atoms with Gasteiger partial charge in [-0.25, -0.2) is 4.79 Å². The SMILES string of the molecule is COC(=O)C(O)c1cccc(C2CCCCCC2)c1. The molecule has 1 aromatic carbocycles. The molecule has 1 aromatic rings. The molecule has 1 aliphatic carbocycles. The van der Waals surface area contributed by atoms with E-state index in [-0.39, 0.29) is 0 Å². The second-order valence-electron chi connectivity index (χ2n) is 5.28. The van der Waals surface area contributed by atoms with Crippen LogP contribution < -0.4 is 0 Å². The zero-order chi connectivity index (χ0) is 13.7. The van der Waals surface area contributed by atoms with Crippen molar-refractivity contribution < 1.29 is 14.6 Å². The number of aliphatic hydroxyl groups is 1. The molecule has 0 radical (unpaired) electrons. The Hall–Kier alpha value is -1.35. The predicted molar refractivity (Wildman–Crippen MR) is 73.9 cm³/mol. The molecule has 0 aromatic heterocycles. The molecule has 3 heteroatoms. The Bertz CT molecular complexity index is 420. The molecule has 2 rings (SSSR count). The molecule has 1 N–H and O–H groups in total. The van der Waals surface area contributed by atoms with Gasteiger partial charge in [0.25, 0.3) is 0 Å².